The van der Waals surface area contributed by atoms with Gasteiger partial charge in [0.1, 0.15) is 5.75 Å². The second-order valence-corrected chi connectivity index (χ2v) is 4.65. The van der Waals surface area contributed by atoms with Gasteiger partial charge in [-0.15, -0.1) is 0 Å². The van der Waals surface area contributed by atoms with Crippen LogP contribution in [-0.4, -0.2) is 18.8 Å². The third-order valence-electron chi connectivity index (χ3n) is 3.16. The summed E-state index contributed by atoms with van der Waals surface area (Å²) in [7, 11) is 1.64. The van der Waals surface area contributed by atoms with Crippen LogP contribution in [-0.2, 0) is 13.1 Å². The van der Waals surface area contributed by atoms with Gasteiger partial charge >= 0.3 is 0 Å². The number of ether oxygens (including phenoxy) is 2. The Morgan fingerprint density at radius 3 is 2.57 bits per heavy atom. The highest BCUT2D eigenvalue weighted by atomic mass is 16.5. The molecule has 2 aromatic carbocycles. The van der Waals surface area contributed by atoms with Crippen LogP contribution in [0.1, 0.15) is 18.1 Å². The van der Waals surface area contributed by atoms with Crippen LogP contribution >= 0.6 is 0 Å². The molecule has 0 aromatic heterocycles. The second-order valence-electron chi connectivity index (χ2n) is 4.65. The van der Waals surface area contributed by atoms with Crippen LogP contribution in [0.3, 0.4) is 0 Å². The molecule has 0 atom stereocenters. The first-order chi connectivity index (χ1) is 10.2. The lowest BCUT2D eigenvalue weighted by Crippen LogP contribution is -2.12. The molecule has 4 heteroatoms. The van der Waals surface area contributed by atoms with Crippen molar-refractivity contribution in [3.05, 3.63) is 53.6 Å². The van der Waals surface area contributed by atoms with E-state index in [1.54, 1.807) is 13.2 Å². The number of phenolic OH excluding ortho intramolecular Hbond substituents is 1. The Morgan fingerprint density at radius 2 is 1.86 bits per heavy atom. The van der Waals surface area contributed by atoms with Crippen molar-refractivity contribution < 1.29 is 14.6 Å². The predicted molar refractivity (Wildman–Crippen MR) is 82.8 cm³/mol. The van der Waals surface area contributed by atoms with Gasteiger partial charge in [-0.05, 0) is 30.7 Å². The minimum absolute atomic E-state index is 0.314. The largest absolute Gasteiger partial charge is 0.508 e. The molecule has 0 amide bonds. The number of hydrogen-bond acceptors (Lipinski definition) is 4. The van der Waals surface area contributed by atoms with Crippen molar-refractivity contribution in [2.75, 3.05) is 13.7 Å². The Bertz CT molecular complexity index is 584. The predicted octanol–water partition coefficient (Wildman–Crippen LogP) is 3.09. The van der Waals surface area contributed by atoms with Crippen LogP contribution in [0, 0.1) is 0 Å². The lowest BCUT2D eigenvalue weighted by molar-refractivity contribution is 0.310. The van der Waals surface area contributed by atoms with Crippen molar-refractivity contribution in [1.82, 2.24) is 5.32 Å². The number of aromatic hydroxyl groups is 1. The van der Waals surface area contributed by atoms with E-state index in [2.05, 4.69) is 5.32 Å². The van der Waals surface area contributed by atoms with Crippen molar-refractivity contribution in [2.45, 2.75) is 20.0 Å². The quantitative estimate of drug-likeness (QED) is 0.821. The maximum Gasteiger partial charge on any atom is 0.161 e. The average Bonchev–Trinajstić information content (AvgIpc) is 2.51. The van der Waals surface area contributed by atoms with Crippen molar-refractivity contribution in [3.8, 4) is 17.2 Å². The maximum atomic E-state index is 9.71. The van der Waals surface area contributed by atoms with Crippen molar-refractivity contribution in [1.29, 1.82) is 0 Å². The molecular weight excluding hydrogens is 266 g/mol. The number of nitrogens with one attached hydrogen (secondary N) is 1. The van der Waals surface area contributed by atoms with Crippen LogP contribution in [0.2, 0.25) is 0 Å². The summed E-state index contributed by atoms with van der Waals surface area (Å²) < 4.78 is 10.8. The number of phenols is 1. The van der Waals surface area contributed by atoms with E-state index in [9.17, 15) is 5.11 Å². The lowest BCUT2D eigenvalue weighted by Gasteiger charge is -2.12. The topological polar surface area (TPSA) is 50.7 Å². The molecule has 4 nitrogen and oxygen atoms in total. The fourth-order valence-electron chi connectivity index (χ4n) is 2.10. The number of rotatable bonds is 7. The van der Waals surface area contributed by atoms with Gasteiger partial charge in [-0.1, -0.05) is 24.3 Å². The molecule has 2 rings (SSSR count). The zero-order valence-electron chi connectivity index (χ0n) is 12.4. The van der Waals surface area contributed by atoms with E-state index in [0.29, 0.717) is 25.4 Å². The molecule has 0 heterocycles. The van der Waals surface area contributed by atoms with Crippen molar-refractivity contribution in [2.24, 2.45) is 0 Å². The molecule has 2 aromatic rings. The third kappa shape index (κ3) is 4.13. The first-order valence-electron chi connectivity index (χ1n) is 7.02. The first kappa shape index (κ1) is 15.2. The van der Waals surface area contributed by atoms with E-state index >= 15 is 0 Å². The van der Waals surface area contributed by atoms with Crippen LogP contribution in [0.5, 0.6) is 17.2 Å². The van der Waals surface area contributed by atoms with E-state index in [1.165, 1.54) is 0 Å². The molecule has 0 aliphatic rings. The molecule has 0 spiro atoms. The second kappa shape index (κ2) is 7.55. The molecule has 2 N–H and O–H groups in total. The number of methoxy groups -OCH3 is 1. The highest BCUT2D eigenvalue weighted by molar-refractivity contribution is 5.43. The van der Waals surface area contributed by atoms with E-state index in [4.69, 9.17) is 9.47 Å². The fraction of sp³-hybridized carbons (Fsp3) is 0.294. The normalized spacial score (nSPS) is 10.4. The summed E-state index contributed by atoms with van der Waals surface area (Å²) in [6.45, 7) is 3.86. The van der Waals surface area contributed by atoms with E-state index in [0.717, 1.165) is 22.6 Å². The van der Waals surface area contributed by atoms with Crippen LogP contribution in [0.15, 0.2) is 42.5 Å². The average molecular weight is 287 g/mol. The minimum atomic E-state index is 0.314. The van der Waals surface area contributed by atoms with Crippen molar-refractivity contribution >= 4 is 0 Å². The highest BCUT2D eigenvalue weighted by Gasteiger charge is 2.05. The Balaban J connectivity index is 1.96. The molecule has 0 fully saturated rings. The smallest absolute Gasteiger partial charge is 0.161 e. The summed E-state index contributed by atoms with van der Waals surface area (Å²) in [5.41, 5.74) is 1.99. The summed E-state index contributed by atoms with van der Waals surface area (Å²) in [6.07, 6.45) is 0. The molecule has 0 bridgehead atoms. The van der Waals surface area contributed by atoms with Gasteiger partial charge in [0.15, 0.2) is 11.5 Å². The third-order valence-corrected chi connectivity index (χ3v) is 3.16. The monoisotopic (exact) mass is 287 g/mol. The summed E-state index contributed by atoms with van der Waals surface area (Å²) in [5, 5.41) is 13.0. The molecule has 0 unspecified atom stereocenters. The van der Waals surface area contributed by atoms with E-state index in [-0.39, 0.29) is 0 Å². The molecule has 0 aliphatic carbocycles. The van der Waals surface area contributed by atoms with Crippen LogP contribution in [0.25, 0.3) is 0 Å². The molecule has 112 valence electrons. The zero-order chi connectivity index (χ0) is 15.1. The molecule has 0 aliphatic heterocycles. The van der Waals surface area contributed by atoms with Crippen molar-refractivity contribution in [3.63, 3.8) is 0 Å². The van der Waals surface area contributed by atoms with Gasteiger partial charge in [0.2, 0.25) is 0 Å². The van der Waals surface area contributed by atoms with Gasteiger partial charge < -0.3 is 19.9 Å². The molecule has 0 saturated heterocycles. The van der Waals surface area contributed by atoms with E-state index in [1.807, 2.05) is 43.3 Å². The Morgan fingerprint density at radius 1 is 1.05 bits per heavy atom. The summed E-state index contributed by atoms with van der Waals surface area (Å²) in [5.74, 6) is 1.80. The van der Waals surface area contributed by atoms with Gasteiger partial charge in [-0.2, -0.15) is 0 Å². The summed E-state index contributed by atoms with van der Waals surface area (Å²) >= 11 is 0. The van der Waals surface area contributed by atoms with Crippen LogP contribution < -0.4 is 14.8 Å². The van der Waals surface area contributed by atoms with E-state index < -0.39 is 0 Å². The molecular formula is C17H21NO3. The number of para-hydroxylation sites is 1. The number of hydrogen-bond donors (Lipinski definition) is 2. The SMILES string of the molecule is CCOc1ccc(CNCc2ccccc2O)cc1OC. The van der Waals surface area contributed by atoms with Gasteiger partial charge in [0.25, 0.3) is 0 Å². The lowest BCUT2D eigenvalue weighted by atomic mass is 10.1. The van der Waals surface area contributed by atoms with Gasteiger partial charge in [-0.3, -0.25) is 0 Å². The highest BCUT2D eigenvalue weighted by Crippen LogP contribution is 2.28. The molecule has 0 saturated carbocycles. The standard InChI is InChI=1S/C17H21NO3/c1-3-21-16-9-8-13(10-17(16)20-2)11-18-12-14-6-4-5-7-15(14)19/h4-10,18-19H,3,11-12H2,1-2H3. The maximum absolute atomic E-state index is 9.71. The summed E-state index contributed by atoms with van der Waals surface area (Å²) in [6, 6.07) is 13.2. The fourth-order valence-corrected chi connectivity index (χ4v) is 2.10. The van der Waals surface area contributed by atoms with Crippen LogP contribution in [0.4, 0.5) is 0 Å². The molecule has 21 heavy (non-hydrogen) atoms. The first-order valence-corrected chi connectivity index (χ1v) is 7.02. The number of benzene rings is 2. The zero-order valence-corrected chi connectivity index (χ0v) is 12.4. The Labute approximate surface area is 125 Å². The molecule has 0 radical (unpaired) electrons. The Kier molecular flexibility index (Phi) is 5.46. The van der Waals surface area contributed by atoms with Gasteiger partial charge in [-0.25, -0.2) is 0 Å². The van der Waals surface area contributed by atoms with Gasteiger partial charge in [0.05, 0.1) is 13.7 Å². The summed E-state index contributed by atoms with van der Waals surface area (Å²) in [4.78, 5) is 0. The minimum Gasteiger partial charge on any atom is -0.508 e. The Hall–Kier alpha value is -2.20. The van der Waals surface area contributed by atoms with Gasteiger partial charge in [0, 0.05) is 18.7 Å².